The third kappa shape index (κ3) is 4.79. The van der Waals surface area contributed by atoms with E-state index < -0.39 is 12.0 Å². The fourth-order valence-corrected chi connectivity index (χ4v) is 4.13. The van der Waals surface area contributed by atoms with Crippen molar-refractivity contribution < 1.29 is 19.4 Å². The molecule has 0 aliphatic carbocycles. The van der Waals surface area contributed by atoms with Crippen LogP contribution in [0.4, 0.5) is 0 Å². The summed E-state index contributed by atoms with van der Waals surface area (Å²) in [6.45, 7) is 4.69. The van der Waals surface area contributed by atoms with E-state index in [2.05, 4.69) is 5.32 Å². The van der Waals surface area contributed by atoms with Crippen LogP contribution >= 0.6 is 23.4 Å². The van der Waals surface area contributed by atoms with Crippen LogP contribution in [0.5, 0.6) is 5.75 Å². The van der Waals surface area contributed by atoms with Crippen LogP contribution < -0.4 is 10.1 Å². The maximum atomic E-state index is 11.3. The number of likely N-dealkylation sites (N-methyl/N-ethyl adjacent to an activating group) is 1. The minimum Gasteiger partial charge on any atom is -0.492 e. The van der Waals surface area contributed by atoms with Gasteiger partial charge in [0.25, 0.3) is 0 Å². The van der Waals surface area contributed by atoms with Crippen LogP contribution in [0.15, 0.2) is 23.1 Å². The van der Waals surface area contributed by atoms with Gasteiger partial charge in [0.05, 0.1) is 17.7 Å². The summed E-state index contributed by atoms with van der Waals surface area (Å²) >= 11 is 7.72. The first-order valence-electron chi connectivity index (χ1n) is 8.10. The molecule has 0 spiro atoms. The number of hydrogen-bond acceptors (Lipinski definition) is 5. The van der Waals surface area contributed by atoms with Crippen molar-refractivity contribution in [3.63, 3.8) is 0 Å². The van der Waals surface area contributed by atoms with Crippen LogP contribution in [-0.2, 0) is 9.53 Å². The molecule has 0 radical (unpaired) electrons. The van der Waals surface area contributed by atoms with Crippen LogP contribution in [0.2, 0.25) is 5.02 Å². The summed E-state index contributed by atoms with van der Waals surface area (Å²) in [5.74, 6) is -0.0503. The largest absolute Gasteiger partial charge is 0.492 e. The Bertz CT molecular complexity index is 572. The molecule has 1 heterocycles. The molecule has 7 heteroatoms. The average Bonchev–Trinajstić information content (AvgIpc) is 2.88. The number of aliphatic carboxylic acids is 1. The quantitative estimate of drug-likeness (QED) is 0.725. The molecule has 24 heavy (non-hydrogen) atoms. The molecule has 0 aromatic heterocycles. The van der Waals surface area contributed by atoms with Gasteiger partial charge in [-0.2, -0.15) is 0 Å². The van der Waals surface area contributed by atoms with Gasteiger partial charge in [-0.3, -0.25) is 4.79 Å². The lowest BCUT2D eigenvalue weighted by Crippen LogP contribution is -2.46. The number of thioether (sulfide) groups is 1. The number of ether oxygens (including phenoxy) is 2. The Balaban J connectivity index is 2.03. The van der Waals surface area contributed by atoms with Crippen LogP contribution in [-0.4, -0.2) is 42.3 Å². The average molecular weight is 374 g/mol. The van der Waals surface area contributed by atoms with Gasteiger partial charge >= 0.3 is 5.97 Å². The highest BCUT2D eigenvalue weighted by Gasteiger charge is 2.40. The Morgan fingerprint density at radius 3 is 2.96 bits per heavy atom. The fraction of sp³-hybridized carbons (Fsp3) is 0.588. The molecule has 134 valence electrons. The molecule has 0 bridgehead atoms. The monoisotopic (exact) mass is 373 g/mol. The second-order valence-corrected chi connectivity index (χ2v) is 7.55. The number of benzene rings is 1. The number of halogens is 1. The summed E-state index contributed by atoms with van der Waals surface area (Å²) in [7, 11) is 1.64. The molecule has 4 atom stereocenters. The van der Waals surface area contributed by atoms with Gasteiger partial charge in [0.1, 0.15) is 17.2 Å². The van der Waals surface area contributed by atoms with Crippen molar-refractivity contribution in [1.29, 1.82) is 0 Å². The number of carbonyl (C=O) groups is 1. The van der Waals surface area contributed by atoms with E-state index in [1.165, 1.54) is 0 Å². The molecule has 1 aromatic carbocycles. The van der Waals surface area contributed by atoms with E-state index in [-0.39, 0.29) is 17.5 Å². The topological polar surface area (TPSA) is 67.8 Å². The summed E-state index contributed by atoms with van der Waals surface area (Å²) in [6.07, 6.45) is 1.38. The van der Waals surface area contributed by atoms with Crippen molar-refractivity contribution in [3.05, 3.63) is 23.2 Å². The SMILES string of the molecule is CCCOc1cc(SC2C[C@@H](C)[C@H](C(NC)C(=O)O)O2)ccc1Cl. The van der Waals surface area contributed by atoms with Gasteiger partial charge in [0.2, 0.25) is 0 Å². The number of rotatable bonds is 8. The molecule has 1 saturated heterocycles. The summed E-state index contributed by atoms with van der Waals surface area (Å²) in [5.41, 5.74) is -0.0830. The Labute approximate surface area is 152 Å². The Morgan fingerprint density at radius 2 is 2.33 bits per heavy atom. The lowest BCUT2D eigenvalue weighted by Gasteiger charge is -2.22. The Hall–Kier alpha value is -0.950. The molecule has 0 saturated carbocycles. The summed E-state index contributed by atoms with van der Waals surface area (Å²) < 4.78 is 11.6. The van der Waals surface area contributed by atoms with E-state index in [1.807, 2.05) is 32.0 Å². The molecule has 0 amide bonds. The molecule has 1 aliphatic heterocycles. The molecule has 2 rings (SSSR count). The molecule has 5 nitrogen and oxygen atoms in total. The standard InChI is InChI=1S/C17H24ClNO4S/c1-4-7-22-13-9-11(5-6-12(13)18)24-14-8-10(2)16(23-14)15(19-3)17(20)21/h5-6,9-10,14-16,19H,4,7-8H2,1-3H3,(H,20,21)/t10-,14?,15?,16-/m1/s1. The maximum Gasteiger partial charge on any atom is 0.323 e. The van der Waals surface area contributed by atoms with Gasteiger partial charge in [0.15, 0.2) is 0 Å². The molecule has 1 fully saturated rings. The zero-order valence-electron chi connectivity index (χ0n) is 14.1. The van der Waals surface area contributed by atoms with Crippen molar-refractivity contribution in [3.8, 4) is 5.75 Å². The highest BCUT2D eigenvalue weighted by atomic mass is 35.5. The van der Waals surface area contributed by atoms with Crippen molar-refractivity contribution in [1.82, 2.24) is 5.32 Å². The molecule has 2 unspecified atom stereocenters. The highest BCUT2D eigenvalue weighted by molar-refractivity contribution is 7.99. The summed E-state index contributed by atoms with van der Waals surface area (Å²) in [4.78, 5) is 12.3. The van der Waals surface area contributed by atoms with Crippen molar-refractivity contribution >= 4 is 29.3 Å². The van der Waals surface area contributed by atoms with E-state index in [9.17, 15) is 9.90 Å². The van der Waals surface area contributed by atoms with Crippen LogP contribution in [0.3, 0.4) is 0 Å². The first-order valence-corrected chi connectivity index (χ1v) is 9.36. The first kappa shape index (κ1) is 19.4. The first-order chi connectivity index (χ1) is 11.5. The number of nitrogens with one attached hydrogen (secondary N) is 1. The van der Waals surface area contributed by atoms with Crippen molar-refractivity contribution in [2.24, 2.45) is 5.92 Å². The Morgan fingerprint density at radius 1 is 1.58 bits per heavy atom. The van der Waals surface area contributed by atoms with Crippen LogP contribution in [0.1, 0.15) is 26.7 Å². The van der Waals surface area contributed by atoms with Gasteiger partial charge in [-0.1, -0.05) is 37.2 Å². The smallest absolute Gasteiger partial charge is 0.323 e. The predicted molar refractivity (Wildman–Crippen MR) is 96.0 cm³/mol. The minimum atomic E-state index is -0.887. The number of carboxylic acid groups (broad SMARTS) is 1. The van der Waals surface area contributed by atoms with Gasteiger partial charge in [-0.15, -0.1) is 0 Å². The molecule has 1 aromatic rings. The Kier molecular flexibility index (Phi) is 7.22. The van der Waals surface area contributed by atoms with Crippen molar-refractivity contribution in [2.45, 2.75) is 49.2 Å². The molecular weight excluding hydrogens is 350 g/mol. The van der Waals surface area contributed by atoms with Gasteiger partial charge in [0, 0.05) is 4.90 Å². The van der Waals surface area contributed by atoms with Crippen LogP contribution in [0.25, 0.3) is 0 Å². The number of hydrogen-bond donors (Lipinski definition) is 2. The predicted octanol–water partition coefficient (Wildman–Crippen LogP) is 3.64. The molecule has 1 aliphatic rings. The van der Waals surface area contributed by atoms with E-state index >= 15 is 0 Å². The zero-order valence-corrected chi connectivity index (χ0v) is 15.7. The fourth-order valence-electron chi connectivity index (χ4n) is 2.75. The summed E-state index contributed by atoms with van der Waals surface area (Å²) in [6, 6.07) is 4.97. The highest BCUT2D eigenvalue weighted by Crippen LogP contribution is 2.40. The molecule has 2 N–H and O–H groups in total. The summed E-state index contributed by atoms with van der Waals surface area (Å²) in [5, 5.41) is 12.7. The third-order valence-corrected chi connectivity index (χ3v) is 5.38. The van der Waals surface area contributed by atoms with Gasteiger partial charge in [-0.25, -0.2) is 0 Å². The van der Waals surface area contributed by atoms with E-state index in [1.54, 1.807) is 18.8 Å². The van der Waals surface area contributed by atoms with Crippen molar-refractivity contribution in [2.75, 3.05) is 13.7 Å². The minimum absolute atomic E-state index is 0.0830. The van der Waals surface area contributed by atoms with Gasteiger partial charge < -0.3 is 19.9 Å². The lowest BCUT2D eigenvalue weighted by molar-refractivity contribution is -0.143. The zero-order chi connectivity index (χ0) is 17.7. The second kappa shape index (κ2) is 8.94. The second-order valence-electron chi connectivity index (χ2n) is 5.91. The normalized spacial score (nSPS) is 24.8. The van der Waals surface area contributed by atoms with E-state index in [0.29, 0.717) is 17.4 Å². The third-order valence-electron chi connectivity index (χ3n) is 3.97. The van der Waals surface area contributed by atoms with Crippen LogP contribution in [0, 0.1) is 5.92 Å². The van der Waals surface area contributed by atoms with E-state index in [4.69, 9.17) is 21.1 Å². The lowest BCUT2D eigenvalue weighted by atomic mass is 9.98. The van der Waals surface area contributed by atoms with Gasteiger partial charge in [-0.05, 0) is 44.0 Å². The van der Waals surface area contributed by atoms with E-state index in [0.717, 1.165) is 17.7 Å². The number of carboxylic acids is 1. The maximum absolute atomic E-state index is 11.3. The molecular formula is C17H24ClNO4S.